The Morgan fingerprint density at radius 1 is 1.21 bits per heavy atom. The van der Waals surface area contributed by atoms with Gasteiger partial charge in [-0.2, -0.15) is 0 Å². The first kappa shape index (κ1) is 21.4. The maximum atomic E-state index is 9.64. The molecular formula is C20H33NOSeSi. The van der Waals surface area contributed by atoms with E-state index >= 15 is 0 Å². The summed E-state index contributed by atoms with van der Waals surface area (Å²) >= 11 is 0.192. The molecule has 0 amide bonds. The van der Waals surface area contributed by atoms with Crippen LogP contribution in [0.2, 0.25) is 22.9 Å². The Hall–Kier alpha value is -0.594. The van der Waals surface area contributed by atoms with Crippen LogP contribution in [0, 0.1) is 11.3 Å². The number of unbranched alkanes of at least 4 members (excludes halogenated alkanes) is 1. The summed E-state index contributed by atoms with van der Waals surface area (Å²) in [6.45, 7) is 13.7. The van der Waals surface area contributed by atoms with Crippen LogP contribution in [0.3, 0.4) is 0 Å². The number of benzene rings is 1. The van der Waals surface area contributed by atoms with Crippen LogP contribution in [-0.4, -0.2) is 29.4 Å². The standard InChI is InChI=1S/C20H33NOSeSi/c1-7-8-12-17(22-24(5,6)20(2,3)4)15-19(16-21)23-18-13-10-9-11-14-18/h9-11,13-14,17,19H,7-8,12,15H2,1-6H3/t17-,19?/m0/s1. The van der Waals surface area contributed by atoms with E-state index in [1.807, 2.05) is 6.07 Å². The number of rotatable bonds is 9. The van der Waals surface area contributed by atoms with Gasteiger partial charge in [-0.3, -0.25) is 0 Å². The van der Waals surface area contributed by atoms with Crippen LogP contribution in [0.4, 0.5) is 0 Å². The zero-order chi connectivity index (χ0) is 18.2. The van der Waals surface area contributed by atoms with E-state index in [0.717, 1.165) is 12.8 Å². The van der Waals surface area contributed by atoms with Crippen molar-refractivity contribution >= 4 is 27.7 Å². The van der Waals surface area contributed by atoms with Crippen LogP contribution < -0.4 is 4.46 Å². The van der Waals surface area contributed by atoms with Gasteiger partial charge in [-0.25, -0.2) is 0 Å². The molecule has 0 aliphatic heterocycles. The summed E-state index contributed by atoms with van der Waals surface area (Å²) in [6.07, 6.45) is 4.53. The van der Waals surface area contributed by atoms with E-state index in [1.165, 1.54) is 17.3 Å². The van der Waals surface area contributed by atoms with E-state index in [2.05, 4.69) is 71.1 Å². The first-order valence-electron chi connectivity index (χ1n) is 8.98. The van der Waals surface area contributed by atoms with Gasteiger partial charge in [0.05, 0.1) is 0 Å². The quantitative estimate of drug-likeness (QED) is 0.518. The summed E-state index contributed by atoms with van der Waals surface area (Å²) in [4.78, 5) is 0.0894. The molecule has 0 radical (unpaired) electrons. The molecule has 1 unspecified atom stereocenters. The minimum atomic E-state index is -1.79. The van der Waals surface area contributed by atoms with Crippen LogP contribution in [0.15, 0.2) is 30.3 Å². The molecule has 0 saturated carbocycles. The summed E-state index contributed by atoms with van der Waals surface area (Å²) in [6, 6.07) is 13.0. The average Bonchev–Trinajstić information content (AvgIpc) is 2.51. The third-order valence-electron chi connectivity index (χ3n) is 4.79. The third-order valence-corrected chi connectivity index (χ3v) is 11.7. The summed E-state index contributed by atoms with van der Waals surface area (Å²) in [5.41, 5.74) is 0. The molecule has 0 fully saturated rings. The number of hydrogen-bond acceptors (Lipinski definition) is 2. The molecule has 0 aliphatic rings. The first-order valence-corrected chi connectivity index (χ1v) is 13.7. The number of hydrogen-bond donors (Lipinski definition) is 0. The topological polar surface area (TPSA) is 33.0 Å². The van der Waals surface area contributed by atoms with Crippen molar-refractivity contribution < 1.29 is 4.43 Å². The first-order chi connectivity index (χ1) is 11.2. The van der Waals surface area contributed by atoms with E-state index in [0.29, 0.717) is 0 Å². The van der Waals surface area contributed by atoms with Crippen molar-refractivity contribution in [2.45, 2.75) is 82.4 Å². The van der Waals surface area contributed by atoms with Gasteiger partial charge >= 0.3 is 156 Å². The number of nitrogens with zero attached hydrogens (tertiary/aromatic N) is 1. The molecule has 0 bridgehead atoms. The summed E-state index contributed by atoms with van der Waals surface area (Å²) in [5, 5.41) is 9.85. The zero-order valence-electron chi connectivity index (χ0n) is 16.1. The Kier molecular flexibility index (Phi) is 8.74. The monoisotopic (exact) mass is 411 g/mol. The van der Waals surface area contributed by atoms with Crippen LogP contribution in [-0.2, 0) is 4.43 Å². The molecule has 134 valence electrons. The predicted octanol–water partition coefficient (Wildman–Crippen LogP) is 5.30. The molecule has 0 aromatic heterocycles. The van der Waals surface area contributed by atoms with Crippen molar-refractivity contribution in [3.8, 4) is 6.07 Å². The van der Waals surface area contributed by atoms with Crippen molar-refractivity contribution in [2.24, 2.45) is 0 Å². The maximum absolute atomic E-state index is 9.64. The summed E-state index contributed by atoms with van der Waals surface area (Å²) in [5.74, 6) is 0. The van der Waals surface area contributed by atoms with Crippen molar-refractivity contribution in [3.05, 3.63) is 30.3 Å². The predicted molar refractivity (Wildman–Crippen MR) is 107 cm³/mol. The second-order valence-electron chi connectivity index (χ2n) is 7.93. The second-order valence-corrected chi connectivity index (χ2v) is 15.4. The minimum absolute atomic E-state index is 0.0894. The van der Waals surface area contributed by atoms with Crippen molar-refractivity contribution in [1.29, 1.82) is 5.26 Å². The second kappa shape index (κ2) is 9.78. The molecular weight excluding hydrogens is 377 g/mol. The summed E-state index contributed by atoms with van der Waals surface area (Å²) < 4.78 is 7.98. The fourth-order valence-electron chi connectivity index (χ4n) is 2.28. The SMILES string of the molecule is CCCC[C@@H](CC(C#N)[Se]c1ccccc1)O[Si](C)(C)C(C)(C)C. The molecule has 4 heteroatoms. The van der Waals surface area contributed by atoms with Gasteiger partial charge in [0.25, 0.3) is 0 Å². The fraction of sp³-hybridized carbons (Fsp3) is 0.650. The number of nitriles is 1. The van der Waals surface area contributed by atoms with E-state index in [1.54, 1.807) is 0 Å². The van der Waals surface area contributed by atoms with Gasteiger partial charge in [0.2, 0.25) is 0 Å². The van der Waals surface area contributed by atoms with Gasteiger partial charge in [-0.05, 0) is 0 Å². The van der Waals surface area contributed by atoms with Crippen molar-refractivity contribution in [2.75, 3.05) is 0 Å². The Morgan fingerprint density at radius 2 is 1.83 bits per heavy atom. The Labute approximate surface area is 156 Å². The van der Waals surface area contributed by atoms with Crippen molar-refractivity contribution in [1.82, 2.24) is 0 Å². The average molecular weight is 411 g/mol. The molecule has 0 spiro atoms. The van der Waals surface area contributed by atoms with E-state index in [9.17, 15) is 5.26 Å². The molecule has 2 atom stereocenters. The van der Waals surface area contributed by atoms with E-state index in [-0.39, 0.29) is 30.9 Å². The molecule has 0 heterocycles. The van der Waals surface area contributed by atoms with Gasteiger partial charge in [0, 0.05) is 0 Å². The van der Waals surface area contributed by atoms with E-state index in [4.69, 9.17) is 4.43 Å². The van der Waals surface area contributed by atoms with Crippen LogP contribution in [0.25, 0.3) is 0 Å². The molecule has 0 aliphatic carbocycles. The van der Waals surface area contributed by atoms with Gasteiger partial charge in [0.1, 0.15) is 0 Å². The van der Waals surface area contributed by atoms with Crippen LogP contribution in [0.5, 0.6) is 0 Å². The van der Waals surface area contributed by atoms with Crippen LogP contribution >= 0.6 is 0 Å². The molecule has 1 rings (SSSR count). The molecule has 0 N–H and O–H groups in total. The normalized spacial score (nSPS) is 14.9. The van der Waals surface area contributed by atoms with Crippen molar-refractivity contribution in [3.63, 3.8) is 0 Å². The molecule has 0 saturated heterocycles. The Bertz CT molecular complexity index is 519. The molecule has 1 aromatic rings. The fourth-order valence-corrected chi connectivity index (χ4v) is 5.79. The third kappa shape index (κ3) is 7.11. The Balaban J connectivity index is 2.78. The summed E-state index contributed by atoms with van der Waals surface area (Å²) in [7, 11) is -1.79. The molecule has 1 aromatic carbocycles. The van der Waals surface area contributed by atoms with Gasteiger partial charge in [-0.15, -0.1) is 0 Å². The van der Waals surface area contributed by atoms with Crippen LogP contribution in [0.1, 0.15) is 53.4 Å². The Morgan fingerprint density at radius 3 is 2.33 bits per heavy atom. The molecule has 24 heavy (non-hydrogen) atoms. The van der Waals surface area contributed by atoms with Gasteiger partial charge < -0.3 is 0 Å². The van der Waals surface area contributed by atoms with E-state index < -0.39 is 8.32 Å². The van der Waals surface area contributed by atoms with Gasteiger partial charge in [0.15, 0.2) is 0 Å². The molecule has 2 nitrogen and oxygen atoms in total. The van der Waals surface area contributed by atoms with Gasteiger partial charge in [-0.1, -0.05) is 0 Å². The zero-order valence-corrected chi connectivity index (χ0v) is 18.8.